The molecule has 2 heterocycles. The summed E-state index contributed by atoms with van der Waals surface area (Å²) in [4.78, 5) is 0. The highest BCUT2D eigenvalue weighted by atomic mass is 16.5. The van der Waals surface area contributed by atoms with Crippen LogP contribution in [0.4, 0.5) is 0 Å². The van der Waals surface area contributed by atoms with Crippen LogP contribution < -0.4 is 5.32 Å². The minimum atomic E-state index is -0.415. The van der Waals surface area contributed by atoms with Gasteiger partial charge in [0.15, 0.2) is 0 Å². The molecule has 0 aromatic carbocycles. The largest absolute Gasteiger partial charge is 0.390 e. The van der Waals surface area contributed by atoms with Gasteiger partial charge in [-0.15, -0.1) is 0 Å². The van der Waals surface area contributed by atoms with Gasteiger partial charge in [0.25, 0.3) is 0 Å². The molecule has 0 amide bonds. The molecule has 1 aliphatic carbocycles. The third kappa shape index (κ3) is 3.06. The summed E-state index contributed by atoms with van der Waals surface area (Å²) in [6.07, 6.45) is 11.0. The number of aliphatic hydroxyl groups is 1. The van der Waals surface area contributed by atoms with E-state index in [9.17, 15) is 5.11 Å². The molecule has 0 aromatic heterocycles. The summed E-state index contributed by atoms with van der Waals surface area (Å²) in [5, 5.41) is 14.4. The lowest BCUT2D eigenvalue weighted by molar-refractivity contribution is -0.0826. The van der Waals surface area contributed by atoms with E-state index in [0.29, 0.717) is 12.1 Å². The van der Waals surface area contributed by atoms with Crippen LogP contribution in [0.5, 0.6) is 0 Å². The third-order valence-corrected chi connectivity index (χ3v) is 5.10. The second kappa shape index (κ2) is 5.48. The quantitative estimate of drug-likeness (QED) is 0.810. The van der Waals surface area contributed by atoms with Crippen molar-refractivity contribution < 1.29 is 9.84 Å². The molecule has 2 N–H and O–H groups in total. The predicted molar refractivity (Wildman–Crippen MR) is 71.5 cm³/mol. The average molecular weight is 253 g/mol. The summed E-state index contributed by atoms with van der Waals surface area (Å²) in [7, 11) is 0. The first-order chi connectivity index (χ1) is 8.73. The van der Waals surface area contributed by atoms with Crippen molar-refractivity contribution in [3.8, 4) is 0 Å². The van der Waals surface area contributed by atoms with Crippen LogP contribution in [0.3, 0.4) is 0 Å². The molecule has 3 heteroatoms. The van der Waals surface area contributed by atoms with Crippen molar-refractivity contribution in [1.29, 1.82) is 0 Å². The lowest BCUT2D eigenvalue weighted by atomic mass is 9.76. The Morgan fingerprint density at radius 2 is 1.72 bits per heavy atom. The second-order valence-electron chi connectivity index (χ2n) is 6.77. The highest BCUT2D eigenvalue weighted by Crippen LogP contribution is 2.35. The van der Waals surface area contributed by atoms with Gasteiger partial charge in [-0.2, -0.15) is 0 Å². The van der Waals surface area contributed by atoms with Gasteiger partial charge in [0.2, 0.25) is 0 Å². The Balaban J connectivity index is 1.51. The Morgan fingerprint density at radius 3 is 2.39 bits per heavy atom. The molecule has 3 aliphatic rings. The Kier molecular flexibility index (Phi) is 3.92. The number of rotatable bonds is 3. The minimum Gasteiger partial charge on any atom is -0.390 e. The summed E-state index contributed by atoms with van der Waals surface area (Å²) < 4.78 is 5.55. The molecule has 2 saturated heterocycles. The maximum atomic E-state index is 10.8. The number of nitrogens with one attached hydrogen (secondary N) is 1. The van der Waals surface area contributed by atoms with Gasteiger partial charge in [-0.25, -0.2) is 0 Å². The van der Waals surface area contributed by atoms with Crippen molar-refractivity contribution in [1.82, 2.24) is 5.32 Å². The van der Waals surface area contributed by atoms with Gasteiger partial charge in [0, 0.05) is 12.1 Å². The van der Waals surface area contributed by atoms with Crippen LogP contribution in [0.15, 0.2) is 0 Å². The fraction of sp³-hybridized carbons (Fsp3) is 1.00. The fourth-order valence-electron chi connectivity index (χ4n) is 4.17. The number of hydrogen-bond acceptors (Lipinski definition) is 3. The van der Waals surface area contributed by atoms with Crippen LogP contribution >= 0.6 is 0 Å². The summed E-state index contributed by atoms with van der Waals surface area (Å²) >= 11 is 0. The lowest BCUT2D eigenvalue weighted by Crippen LogP contribution is -2.59. The standard InChI is InChI=1S/C15H27NO2/c17-15(7-6-12-4-2-1-3-5-12)8-13-10-18-11-14(9-15)16-13/h12-14,16-17H,1-11H2. The van der Waals surface area contributed by atoms with Crippen molar-refractivity contribution >= 4 is 0 Å². The molecule has 18 heavy (non-hydrogen) atoms. The van der Waals surface area contributed by atoms with E-state index in [0.717, 1.165) is 38.4 Å². The molecule has 104 valence electrons. The maximum absolute atomic E-state index is 10.8. The molecule has 1 saturated carbocycles. The van der Waals surface area contributed by atoms with Crippen molar-refractivity contribution in [2.75, 3.05) is 13.2 Å². The number of morpholine rings is 1. The van der Waals surface area contributed by atoms with Crippen LogP contribution in [0, 0.1) is 5.92 Å². The number of ether oxygens (including phenoxy) is 1. The van der Waals surface area contributed by atoms with Crippen molar-refractivity contribution in [3.05, 3.63) is 0 Å². The molecule has 2 bridgehead atoms. The highest BCUT2D eigenvalue weighted by molar-refractivity contribution is 4.97. The molecule has 2 atom stereocenters. The van der Waals surface area contributed by atoms with Gasteiger partial charge in [-0.3, -0.25) is 0 Å². The monoisotopic (exact) mass is 253 g/mol. The Hall–Kier alpha value is -0.120. The van der Waals surface area contributed by atoms with E-state index in [2.05, 4.69) is 5.32 Å². The SMILES string of the molecule is OC1(CCC2CCCCC2)CC2COCC(C1)N2. The van der Waals surface area contributed by atoms with Crippen LogP contribution in [-0.4, -0.2) is 36.0 Å². The smallest absolute Gasteiger partial charge is 0.0679 e. The lowest BCUT2D eigenvalue weighted by Gasteiger charge is -2.45. The Bertz CT molecular complexity index is 264. The molecule has 3 rings (SSSR count). The molecule has 2 unspecified atom stereocenters. The molecule has 0 aromatic rings. The first-order valence-corrected chi connectivity index (χ1v) is 7.80. The number of fused-ring (bicyclic) bond motifs is 2. The third-order valence-electron chi connectivity index (χ3n) is 5.10. The maximum Gasteiger partial charge on any atom is 0.0679 e. The van der Waals surface area contributed by atoms with Gasteiger partial charge in [0.05, 0.1) is 18.8 Å². The first kappa shape index (κ1) is 12.9. The van der Waals surface area contributed by atoms with E-state index in [1.54, 1.807) is 0 Å². The predicted octanol–water partition coefficient (Wildman–Crippen LogP) is 2.23. The van der Waals surface area contributed by atoms with E-state index in [-0.39, 0.29) is 0 Å². The van der Waals surface area contributed by atoms with Crippen LogP contribution in [-0.2, 0) is 4.74 Å². The van der Waals surface area contributed by atoms with Crippen molar-refractivity contribution in [3.63, 3.8) is 0 Å². The summed E-state index contributed by atoms with van der Waals surface area (Å²) in [5.41, 5.74) is -0.415. The normalized spacial score (nSPS) is 41.8. The average Bonchev–Trinajstić information content (AvgIpc) is 2.37. The minimum absolute atomic E-state index is 0.383. The van der Waals surface area contributed by atoms with E-state index >= 15 is 0 Å². The van der Waals surface area contributed by atoms with E-state index < -0.39 is 5.60 Å². The van der Waals surface area contributed by atoms with Gasteiger partial charge in [-0.05, 0) is 31.6 Å². The van der Waals surface area contributed by atoms with Gasteiger partial charge in [-0.1, -0.05) is 32.1 Å². The van der Waals surface area contributed by atoms with E-state index in [1.165, 1.54) is 38.5 Å². The second-order valence-corrected chi connectivity index (χ2v) is 6.77. The highest BCUT2D eigenvalue weighted by Gasteiger charge is 2.41. The first-order valence-electron chi connectivity index (χ1n) is 7.80. The Labute approximate surface area is 110 Å². The topological polar surface area (TPSA) is 41.5 Å². The van der Waals surface area contributed by atoms with Crippen molar-refractivity contribution in [2.24, 2.45) is 5.92 Å². The van der Waals surface area contributed by atoms with Gasteiger partial charge in [0.1, 0.15) is 0 Å². The number of piperidine rings is 1. The molecule has 0 spiro atoms. The van der Waals surface area contributed by atoms with Crippen LogP contribution in [0.1, 0.15) is 57.8 Å². The summed E-state index contributed by atoms with van der Waals surface area (Å²) in [6, 6.07) is 0.766. The molecule has 0 radical (unpaired) electrons. The molecular formula is C15H27NO2. The van der Waals surface area contributed by atoms with E-state index in [1.807, 2.05) is 0 Å². The molecule has 3 fully saturated rings. The zero-order chi connectivity index (χ0) is 12.4. The molecule has 2 aliphatic heterocycles. The van der Waals surface area contributed by atoms with Crippen LogP contribution in [0.25, 0.3) is 0 Å². The zero-order valence-electron chi connectivity index (χ0n) is 11.4. The van der Waals surface area contributed by atoms with Crippen molar-refractivity contribution in [2.45, 2.75) is 75.5 Å². The molecule has 3 nitrogen and oxygen atoms in total. The molecular weight excluding hydrogens is 226 g/mol. The summed E-state index contributed by atoms with van der Waals surface area (Å²) in [5.74, 6) is 0.883. The van der Waals surface area contributed by atoms with E-state index in [4.69, 9.17) is 4.74 Å². The zero-order valence-corrected chi connectivity index (χ0v) is 11.4. The fourth-order valence-corrected chi connectivity index (χ4v) is 4.17. The van der Waals surface area contributed by atoms with Gasteiger partial charge >= 0.3 is 0 Å². The number of hydrogen-bond donors (Lipinski definition) is 2. The Morgan fingerprint density at radius 1 is 1.06 bits per heavy atom. The van der Waals surface area contributed by atoms with Gasteiger partial charge < -0.3 is 15.2 Å². The summed E-state index contributed by atoms with van der Waals surface area (Å²) in [6.45, 7) is 1.56. The van der Waals surface area contributed by atoms with Crippen LogP contribution in [0.2, 0.25) is 0 Å².